The Bertz CT molecular complexity index is 496. The van der Waals surface area contributed by atoms with E-state index in [0.717, 1.165) is 11.3 Å². The highest BCUT2D eigenvalue weighted by molar-refractivity contribution is 6.31. The maximum atomic E-state index is 13.0. The molecule has 1 heterocycles. The fourth-order valence-corrected chi connectivity index (χ4v) is 1.64. The Balaban J connectivity index is 2.31. The van der Waals surface area contributed by atoms with E-state index in [-0.39, 0.29) is 5.02 Å². The van der Waals surface area contributed by atoms with Crippen LogP contribution in [0, 0.1) is 5.82 Å². The van der Waals surface area contributed by atoms with Crippen molar-refractivity contribution in [1.29, 1.82) is 0 Å². The molecule has 0 atom stereocenters. The Kier molecular flexibility index (Phi) is 3.27. The highest BCUT2D eigenvalue weighted by atomic mass is 35.5. The van der Waals surface area contributed by atoms with Gasteiger partial charge in [-0.3, -0.25) is 0 Å². The lowest BCUT2D eigenvalue weighted by molar-refractivity contribution is 0.523. The van der Waals surface area contributed by atoms with Crippen LogP contribution in [-0.4, -0.2) is 6.54 Å². The lowest BCUT2D eigenvalue weighted by Crippen LogP contribution is -2.01. The zero-order valence-electron chi connectivity index (χ0n) is 8.54. The van der Waals surface area contributed by atoms with Crippen LogP contribution in [0.25, 0.3) is 11.3 Å². The van der Waals surface area contributed by atoms with Gasteiger partial charge < -0.3 is 10.2 Å². The first-order chi connectivity index (χ1) is 7.70. The van der Waals surface area contributed by atoms with Gasteiger partial charge in [0.1, 0.15) is 17.3 Å². The van der Waals surface area contributed by atoms with Crippen molar-refractivity contribution < 1.29 is 8.81 Å². The average Bonchev–Trinajstić information content (AvgIpc) is 2.71. The summed E-state index contributed by atoms with van der Waals surface area (Å²) in [6.07, 6.45) is 0.689. The molecule has 0 aliphatic rings. The summed E-state index contributed by atoms with van der Waals surface area (Å²) >= 11 is 5.70. The molecule has 0 aliphatic heterocycles. The van der Waals surface area contributed by atoms with Gasteiger partial charge >= 0.3 is 0 Å². The molecule has 1 aromatic heterocycles. The van der Waals surface area contributed by atoms with Crippen LogP contribution in [0.15, 0.2) is 34.7 Å². The van der Waals surface area contributed by atoms with Crippen LogP contribution in [-0.2, 0) is 6.42 Å². The molecule has 16 heavy (non-hydrogen) atoms. The maximum Gasteiger partial charge on any atom is 0.141 e. The second kappa shape index (κ2) is 4.68. The van der Waals surface area contributed by atoms with Gasteiger partial charge in [0, 0.05) is 12.0 Å². The van der Waals surface area contributed by atoms with E-state index in [4.69, 9.17) is 21.8 Å². The molecule has 0 spiro atoms. The lowest BCUT2D eigenvalue weighted by atomic mass is 10.2. The van der Waals surface area contributed by atoms with Crippen molar-refractivity contribution in [3.05, 3.63) is 46.9 Å². The van der Waals surface area contributed by atoms with Gasteiger partial charge in [0.15, 0.2) is 0 Å². The fourth-order valence-electron chi connectivity index (χ4n) is 1.46. The number of furan rings is 1. The predicted molar refractivity (Wildman–Crippen MR) is 61.9 cm³/mol. The summed E-state index contributed by atoms with van der Waals surface area (Å²) in [4.78, 5) is 0. The largest absolute Gasteiger partial charge is 0.461 e. The second-order valence-electron chi connectivity index (χ2n) is 3.43. The molecule has 0 saturated carbocycles. The Labute approximate surface area is 97.8 Å². The molecular formula is C12H11ClFNO. The molecule has 2 nitrogen and oxygen atoms in total. The third-order valence-corrected chi connectivity index (χ3v) is 2.55. The van der Waals surface area contributed by atoms with Gasteiger partial charge in [-0.15, -0.1) is 0 Å². The summed E-state index contributed by atoms with van der Waals surface area (Å²) in [6, 6.07) is 8.19. The van der Waals surface area contributed by atoms with Crippen LogP contribution in [0.1, 0.15) is 5.76 Å². The number of hydrogen-bond acceptors (Lipinski definition) is 2. The highest BCUT2D eigenvalue weighted by Gasteiger charge is 2.07. The molecule has 0 bridgehead atoms. The molecule has 0 saturated heterocycles. The fraction of sp³-hybridized carbons (Fsp3) is 0.167. The molecule has 0 radical (unpaired) electrons. The topological polar surface area (TPSA) is 39.2 Å². The standard InChI is InChI=1S/C12H11ClFNO/c13-10-7-8(1-3-11(10)14)12-4-2-9(16-12)5-6-15/h1-4,7H,5-6,15H2. The summed E-state index contributed by atoms with van der Waals surface area (Å²) in [7, 11) is 0. The van der Waals surface area contributed by atoms with Crippen molar-refractivity contribution in [3.8, 4) is 11.3 Å². The molecule has 2 rings (SSSR count). The van der Waals surface area contributed by atoms with Gasteiger partial charge in [0.05, 0.1) is 5.02 Å². The summed E-state index contributed by atoms with van der Waals surface area (Å²) in [5, 5.41) is 0.0919. The normalized spacial score (nSPS) is 10.7. The summed E-state index contributed by atoms with van der Waals surface area (Å²) < 4.78 is 18.5. The monoisotopic (exact) mass is 239 g/mol. The third-order valence-electron chi connectivity index (χ3n) is 2.26. The van der Waals surface area contributed by atoms with Crippen molar-refractivity contribution in [2.45, 2.75) is 6.42 Å². The number of halogens is 2. The van der Waals surface area contributed by atoms with Crippen molar-refractivity contribution in [1.82, 2.24) is 0 Å². The number of benzene rings is 1. The Hall–Kier alpha value is -1.32. The molecule has 2 aromatic rings. The zero-order valence-corrected chi connectivity index (χ0v) is 9.30. The van der Waals surface area contributed by atoms with Crippen LogP contribution in [0.4, 0.5) is 4.39 Å². The molecule has 84 valence electrons. The van der Waals surface area contributed by atoms with Crippen molar-refractivity contribution >= 4 is 11.6 Å². The van der Waals surface area contributed by atoms with Gasteiger partial charge in [0.25, 0.3) is 0 Å². The van der Waals surface area contributed by atoms with Crippen LogP contribution in [0.3, 0.4) is 0 Å². The Morgan fingerprint density at radius 3 is 2.75 bits per heavy atom. The molecule has 0 amide bonds. The van der Waals surface area contributed by atoms with Gasteiger partial charge in [-0.25, -0.2) is 4.39 Å². The number of hydrogen-bond donors (Lipinski definition) is 1. The van der Waals surface area contributed by atoms with Crippen LogP contribution in [0.2, 0.25) is 5.02 Å². The van der Waals surface area contributed by atoms with E-state index in [1.165, 1.54) is 6.07 Å². The average molecular weight is 240 g/mol. The molecule has 0 fully saturated rings. The van der Waals surface area contributed by atoms with Gasteiger partial charge in [0.2, 0.25) is 0 Å². The molecule has 4 heteroatoms. The first-order valence-electron chi connectivity index (χ1n) is 4.95. The van der Waals surface area contributed by atoms with E-state index in [2.05, 4.69) is 0 Å². The van der Waals surface area contributed by atoms with E-state index in [1.54, 1.807) is 12.1 Å². The van der Waals surface area contributed by atoms with Crippen molar-refractivity contribution in [3.63, 3.8) is 0 Å². The smallest absolute Gasteiger partial charge is 0.141 e. The quantitative estimate of drug-likeness (QED) is 0.893. The van der Waals surface area contributed by atoms with Gasteiger partial charge in [-0.2, -0.15) is 0 Å². The van der Waals surface area contributed by atoms with E-state index in [9.17, 15) is 4.39 Å². The van der Waals surface area contributed by atoms with Crippen molar-refractivity contribution in [2.75, 3.05) is 6.54 Å². The Morgan fingerprint density at radius 2 is 2.06 bits per heavy atom. The SMILES string of the molecule is NCCc1ccc(-c2ccc(F)c(Cl)c2)o1. The van der Waals surface area contributed by atoms with Gasteiger partial charge in [-0.05, 0) is 36.9 Å². The zero-order chi connectivity index (χ0) is 11.5. The molecule has 0 aliphatic carbocycles. The minimum absolute atomic E-state index is 0.0919. The van der Waals surface area contributed by atoms with E-state index in [0.29, 0.717) is 18.7 Å². The first-order valence-corrected chi connectivity index (χ1v) is 5.32. The molecule has 0 unspecified atom stereocenters. The maximum absolute atomic E-state index is 13.0. The third kappa shape index (κ3) is 2.26. The highest BCUT2D eigenvalue weighted by Crippen LogP contribution is 2.26. The number of nitrogens with two attached hydrogens (primary N) is 1. The molecule has 2 N–H and O–H groups in total. The predicted octanol–water partition coefficient (Wildman–Crippen LogP) is 3.24. The molecule has 1 aromatic carbocycles. The lowest BCUT2D eigenvalue weighted by Gasteiger charge is -1.99. The van der Waals surface area contributed by atoms with Crippen LogP contribution >= 0.6 is 11.6 Å². The van der Waals surface area contributed by atoms with E-state index < -0.39 is 5.82 Å². The Morgan fingerprint density at radius 1 is 1.25 bits per heavy atom. The van der Waals surface area contributed by atoms with E-state index in [1.807, 2.05) is 12.1 Å². The van der Waals surface area contributed by atoms with Crippen LogP contribution < -0.4 is 5.73 Å². The molecular weight excluding hydrogens is 229 g/mol. The first kappa shape index (κ1) is 11.2. The number of rotatable bonds is 3. The minimum atomic E-state index is -0.431. The van der Waals surface area contributed by atoms with Crippen LogP contribution in [0.5, 0.6) is 0 Å². The van der Waals surface area contributed by atoms with Gasteiger partial charge in [-0.1, -0.05) is 11.6 Å². The summed E-state index contributed by atoms with van der Waals surface area (Å²) in [5.74, 6) is 1.06. The minimum Gasteiger partial charge on any atom is -0.461 e. The summed E-state index contributed by atoms with van der Waals surface area (Å²) in [5.41, 5.74) is 6.18. The van der Waals surface area contributed by atoms with Crippen molar-refractivity contribution in [2.24, 2.45) is 5.73 Å². The second-order valence-corrected chi connectivity index (χ2v) is 3.84. The summed E-state index contributed by atoms with van der Waals surface area (Å²) in [6.45, 7) is 0.539. The van der Waals surface area contributed by atoms with E-state index >= 15 is 0 Å².